The van der Waals surface area contributed by atoms with E-state index in [0.717, 1.165) is 0 Å². The van der Waals surface area contributed by atoms with Crippen LogP contribution in [0.4, 0.5) is 11.4 Å². The summed E-state index contributed by atoms with van der Waals surface area (Å²) < 4.78 is 0. The van der Waals surface area contributed by atoms with Gasteiger partial charge in [-0.05, 0) is 49.2 Å². The molecule has 1 aliphatic carbocycles. The summed E-state index contributed by atoms with van der Waals surface area (Å²) in [6.45, 7) is 0. The molecule has 0 bridgehead atoms. The molecule has 5 nitrogen and oxygen atoms in total. The van der Waals surface area contributed by atoms with Crippen LogP contribution < -0.4 is 10.2 Å². The molecule has 1 aliphatic heterocycles. The molecule has 2 aromatic rings. The molecule has 1 fully saturated rings. The number of hydrogen-bond acceptors (Lipinski definition) is 3. The van der Waals surface area contributed by atoms with Crippen LogP contribution in [0, 0.1) is 11.8 Å². The third-order valence-corrected chi connectivity index (χ3v) is 6.00. The van der Waals surface area contributed by atoms with Gasteiger partial charge in [0.15, 0.2) is 0 Å². The summed E-state index contributed by atoms with van der Waals surface area (Å²) in [5, 5.41) is 3.52. The molecule has 0 aromatic heterocycles. The van der Waals surface area contributed by atoms with Gasteiger partial charge in [-0.2, -0.15) is 0 Å². The Morgan fingerprint density at radius 1 is 0.897 bits per heavy atom. The quantitative estimate of drug-likeness (QED) is 0.507. The molecule has 0 unspecified atom stereocenters. The fourth-order valence-corrected chi connectivity index (χ4v) is 4.38. The van der Waals surface area contributed by atoms with Crippen molar-refractivity contribution in [3.05, 3.63) is 69.2 Å². The van der Waals surface area contributed by atoms with E-state index in [1.54, 1.807) is 18.2 Å². The number of fused-ring (bicyclic) bond motifs is 1. The fraction of sp³-hybridized carbons (Fsp3) is 0.190. The molecule has 1 N–H and O–H groups in total. The van der Waals surface area contributed by atoms with E-state index in [0.29, 0.717) is 29.2 Å². The molecule has 8 heteroatoms. The standard InChI is InChI=1S/C21H15Cl3N2O3/c22-11-5-7-15(16(23)9-11)19(27)25-18-8-6-12(10-17(18)24)26-20(28)13-3-1-2-4-14(13)21(26)29/h1-2,5-10,13-14H,3-4H2,(H,25,27)/t13-,14-/m0/s1. The van der Waals surface area contributed by atoms with Gasteiger partial charge in [-0.3, -0.25) is 14.4 Å². The Morgan fingerprint density at radius 2 is 1.55 bits per heavy atom. The van der Waals surface area contributed by atoms with Crippen molar-refractivity contribution in [2.24, 2.45) is 11.8 Å². The van der Waals surface area contributed by atoms with Crippen molar-refractivity contribution < 1.29 is 14.4 Å². The van der Waals surface area contributed by atoms with E-state index in [4.69, 9.17) is 34.8 Å². The Bertz CT molecular complexity index is 1040. The minimum atomic E-state index is -0.452. The molecule has 0 saturated carbocycles. The molecule has 1 heterocycles. The Hall–Kier alpha value is -2.34. The van der Waals surface area contributed by atoms with Crippen LogP contribution in [0.15, 0.2) is 48.6 Å². The number of carbonyl (C=O) groups is 3. The topological polar surface area (TPSA) is 66.5 Å². The maximum atomic E-state index is 12.7. The number of hydrogen-bond donors (Lipinski definition) is 1. The summed E-state index contributed by atoms with van der Waals surface area (Å²) >= 11 is 18.2. The van der Waals surface area contributed by atoms with E-state index < -0.39 is 5.91 Å². The highest BCUT2D eigenvalue weighted by molar-refractivity contribution is 6.38. The maximum absolute atomic E-state index is 12.7. The number of rotatable bonds is 3. The zero-order valence-corrected chi connectivity index (χ0v) is 17.3. The van der Waals surface area contributed by atoms with Gasteiger partial charge in [-0.25, -0.2) is 4.90 Å². The summed E-state index contributed by atoms with van der Waals surface area (Å²) in [7, 11) is 0. The molecular formula is C21H15Cl3N2O3. The molecule has 148 valence electrons. The van der Waals surface area contributed by atoms with Crippen molar-refractivity contribution in [2.45, 2.75) is 12.8 Å². The molecule has 2 aromatic carbocycles. The normalized spacial score (nSPS) is 20.7. The highest BCUT2D eigenvalue weighted by atomic mass is 35.5. The van der Waals surface area contributed by atoms with Crippen molar-refractivity contribution in [1.82, 2.24) is 0 Å². The maximum Gasteiger partial charge on any atom is 0.257 e. The predicted octanol–water partition coefficient (Wildman–Crippen LogP) is 5.35. The van der Waals surface area contributed by atoms with Gasteiger partial charge in [0.1, 0.15) is 0 Å². The van der Waals surface area contributed by atoms with Crippen LogP contribution in [0.25, 0.3) is 0 Å². The van der Waals surface area contributed by atoms with E-state index in [2.05, 4.69) is 5.32 Å². The summed E-state index contributed by atoms with van der Waals surface area (Å²) in [6.07, 6.45) is 5.00. The largest absolute Gasteiger partial charge is 0.321 e. The third-order valence-electron chi connectivity index (χ3n) is 5.14. The molecule has 1 saturated heterocycles. The SMILES string of the molecule is O=C(Nc1ccc(N2C(=O)[C@H]3CC=CC[C@@H]3C2=O)cc1Cl)c1ccc(Cl)cc1Cl. The highest BCUT2D eigenvalue weighted by Crippen LogP contribution is 2.39. The number of amides is 3. The number of benzene rings is 2. The van der Waals surface area contributed by atoms with Gasteiger partial charge in [0.25, 0.3) is 5.91 Å². The molecular weight excluding hydrogens is 435 g/mol. The number of nitrogens with zero attached hydrogens (tertiary/aromatic N) is 1. The first-order valence-electron chi connectivity index (χ1n) is 8.95. The second-order valence-electron chi connectivity index (χ2n) is 6.91. The zero-order chi connectivity index (χ0) is 20.7. The number of imide groups is 1. The summed E-state index contributed by atoms with van der Waals surface area (Å²) in [6, 6.07) is 9.19. The van der Waals surface area contributed by atoms with Crippen molar-refractivity contribution in [3.63, 3.8) is 0 Å². The van der Waals surface area contributed by atoms with Gasteiger partial charge in [-0.15, -0.1) is 0 Å². The van der Waals surface area contributed by atoms with Gasteiger partial charge in [0.05, 0.1) is 38.8 Å². The molecule has 3 amide bonds. The van der Waals surface area contributed by atoms with Crippen LogP contribution in [-0.2, 0) is 9.59 Å². The first-order valence-corrected chi connectivity index (χ1v) is 10.1. The lowest BCUT2D eigenvalue weighted by molar-refractivity contribution is -0.122. The third kappa shape index (κ3) is 3.66. The molecule has 29 heavy (non-hydrogen) atoms. The van der Waals surface area contributed by atoms with Crippen molar-refractivity contribution in [3.8, 4) is 0 Å². The van der Waals surface area contributed by atoms with Gasteiger partial charge in [0.2, 0.25) is 11.8 Å². The van der Waals surface area contributed by atoms with Crippen LogP contribution in [-0.4, -0.2) is 17.7 Å². The van der Waals surface area contributed by atoms with E-state index >= 15 is 0 Å². The van der Waals surface area contributed by atoms with Crippen molar-refractivity contribution in [2.75, 3.05) is 10.2 Å². The van der Waals surface area contributed by atoms with E-state index in [9.17, 15) is 14.4 Å². The first-order chi connectivity index (χ1) is 13.9. The molecule has 4 rings (SSSR count). The Balaban J connectivity index is 1.56. The van der Waals surface area contributed by atoms with Crippen molar-refractivity contribution >= 4 is 63.9 Å². The lowest BCUT2D eigenvalue weighted by Gasteiger charge is -2.16. The van der Waals surface area contributed by atoms with Crippen molar-refractivity contribution in [1.29, 1.82) is 0 Å². The Labute approximate surface area is 182 Å². The van der Waals surface area contributed by atoms with Crippen LogP contribution in [0.5, 0.6) is 0 Å². The minimum absolute atomic E-state index is 0.203. The van der Waals surface area contributed by atoms with Gasteiger partial charge in [0, 0.05) is 5.02 Å². The van der Waals surface area contributed by atoms with Crippen LogP contribution in [0.3, 0.4) is 0 Å². The fourth-order valence-electron chi connectivity index (χ4n) is 3.66. The zero-order valence-electron chi connectivity index (χ0n) is 15.0. The number of nitrogens with one attached hydrogen (secondary N) is 1. The number of allylic oxidation sites excluding steroid dienone is 2. The van der Waals surface area contributed by atoms with E-state index in [1.165, 1.54) is 23.1 Å². The van der Waals surface area contributed by atoms with Gasteiger partial charge >= 0.3 is 0 Å². The second kappa shape index (κ2) is 7.82. The Morgan fingerprint density at radius 3 is 2.14 bits per heavy atom. The predicted molar refractivity (Wildman–Crippen MR) is 114 cm³/mol. The monoisotopic (exact) mass is 448 g/mol. The average Bonchev–Trinajstić information content (AvgIpc) is 2.94. The number of halogens is 3. The second-order valence-corrected chi connectivity index (χ2v) is 8.16. The minimum Gasteiger partial charge on any atom is -0.321 e. The first kappa shape index (κ1) is 20.0. The van der Waals surface area contributed by atoms with Gasteiger partial charge in [-0.1, -0.05) is 47.0 Å². The van der Waals surface area contributed by atoms with E-state index in [-0.39, 0.29) is 39.3 Å². The molecule has 0 radical (unpaired) electrons. The molecule has 2 atom stereocenters. The number of anilines is 2. The summed E-state index contributed by atoms with van der Waals surface area (Å²) in [5.74, 6) is -1.53. The van der Waals surface area contributed by atoms with Crippen LogP contribution >= 0.6 is 34.8 Å². The summed E-state index contributed by atoms with van der Waals surface area (Å²) in [4.78, 5) is 39.1. The lowest BCUT2D eigenvalue weighted by Crippen LogP contribution is -2.30. The van der Waals surface area contributed by atoms with E-state index in [1.807, 2.05) is 12.2 Å². The van der Waals surface area contributed by atoms with Gasteiger partial charge < -0.3 is 5.32 Å². The van der Waals surface area contributed by atoms with Crippen LogP contribution in [0.1, 0.15) is 23.2 Å². The lowest BCUT2D eigenvalue weighted by atomic mass is 9.85. The summed E-state index contributed by atoms with van der Waals surface area (Å²) in [5.41, 5.74) is 0.976. The number of carbonyl (C=O) groups excluding carboxylic acids is 3. The van der Waals surface area contributed by atoms with Crippen LogP contribution in [0.2, 0.25) is 15.1 Å². The molecule has 2 aliphatic rings. The Kier molecular flexibility index (Phi) is 5.38. The molecule has 0 spiro atoms. The smallest absolute Gasteiger partial charge is 0.257 e. The average molecular weight is 450 g/mol. The highest BCUT2D eigenvalue weighted by Gasteiger charge is 2.47.